The first-order chi connectivity index (χ1) is 24.3. The first kappa shape index (κ1) is 28.3. The van der Waals surface area contributed by atoms with Crippen LogP contribution in [0.3, 0.4) is 0 Å². The second-order valence-electron chi connectivity index (χ2n) is 17.9. The molecule has 0 fully saturated rings. The minimum Gasteiger partial charge on any atom is -0.456 e. The quantitative estimate of drug-likeness (QED) is 0.151. The summed E-state index contributed by atoms with van der Waals surface area (Å²) in [7, 11) is 0. The van der Waals surface area contributed by atoms with E-state index in [-0.39, 0.29) is 16.2 Å². The topological polar surface area (TPSA) is 25.2 Å². The molecule has 0 radical (unpaired) electrons. The molecule has 0 saturated heterocycles. The summed E-state index contributed by atoms with van der Waals surface area (Å²) in [6.45, 7) is 18.9. The third-order valence-electron chi connectivity index (χ3n) is 12.8. The van der Waals surface area contributed by atoms with E-state index in [0.29, 0.717) is 0 Å². The number of ether oxygens (including phenoxy) is 1. The van der Waals surface area contributed by atoms with Crippen LogP contribution in [0.2, 0.25) is 0 Å². The van der Waals surface area contributed by atoms with Gasteiger partial charge in [-0.1, -0.05) is 91.8 Å². The molecule has 5 nitrogen and oxygen atoms in total. The smallest absolute Gasteiger partial charge is 0.323 e. The molecule has 0 N–H and O–H groups in total. The van der Waals surface area contributed by atoms with Crippen molar-refractivity contribution in [3.05, 3.63) is 130 Å². The van der Waals surface area contributed by atoms with Gasteiger partial charge < -0.3 is 4.74 Å². The number of pyridine rings is 2. The molecule has 0 saturated carbocycles. The molecule has 3 aromatic heterocycles. The lowest BCUT2D eigenvalue weighted by molar-refractivity contribution is -0.932. The zero-order valence-electron chi connectivity index (χ0n) is 30.4. The Hall–Kier alpha value is -5.42. The standard InChI is InChI=1S/C46H40N4O/c1-43(2,3)25-21-33-34-22-26(44(4,5)6)24-38-48-32-16-12-10-14-29(32)45(7,8)30-18-20-36-40(42(30)48)46(50(34)38)39-35(51-36)19-17-28-27-13-9-11-15-31(27)47(41(28)39)37(23-25)49(33)46/h9-24H,1-8H3/q+2. The average molecular weight is 665 g/mol. The molecule has 5 aliphatic rings. The highest BCUT2D eigenvalue weighted by molar-refractivity contribution is 6.12. The SMILES string of the molecule is CC(C)(C)c1cc2[n+]3c(c1)N1c4ccccc4C(C)(C)c4ccc5c(c41)C31c3c(ccc4c6ccccc6n(c34)-c3cc(C(C)(C)C)cc-2[n+]31)O5. The van der Waals surface area contributed by atoms with Crippen LogP contribution in [0.4, 0.5) is 17.2 Å². The van der Waals surface area contributed by atoms with E-state index in [0.717, 1.165) is 11.5 Å². The van der Waals surface area contributed by atoms with Crippen molar-refractivity contribution in [1.82, 2.24) is 4.57 Å². The third kappa shape index (κ3) is 2.91. The third-order valence-corrected chi connectivity index (χ3v) is 12.8. The molecule has 0 amide bonds. The van der Waals surface area contributed by atoms with E-state index in [1.165, 1.54) is 89.6 Å². The van der Waals surface area contributed by atoms with Gasteiger partial charge in [0, 0.05) is 39.4 Å². The number of hydrogen-bond acceptors (Lipinski definition) is 2. The maximum absolute atomic E-state index is 7.15. The zero-order valence-corrected chi connectivity index (χ0v) is 30.4. The van der Waals surface area contributed by atoms with E-state index < -0.39 is 5.66 Å². The fourth-order valence-electron chi connectivity index (χ4n) is 10.3. The average Bonchev–Trinajstić information content (AvgIpc) is 3.59. The molecule has 0 aliphatic carbocycles. The van der Waals surface area contributed by atoms with Gasteiger partial charge in [0.15, 0.2) is 22.6 Å². The molecular weight excluding hydrogens is 625 g/mol. The Morgan fingerprint density at radius 1 is 0.608 bits per heavy atom. The monoisotopic (exact) mass is 664 g/mol. The van der Waals surface area contributed by atoms with Crippen LogP contribution in [0.5, 0.6) is 11.5 Å². The minimum absolute atomic E-state index is 0.0641. The van der Waals surface area contributed by atoms with Crippen LogP contribution in [0, 0.1) is 0 Å². The number of hydrogen-bond donors (Lipinski definition) is 0. The van der Waals surface area contributed by atoms with Gasteiger partial charge in [0.05, 0.1) is 0 Å². The summed E-state index contributed by atoms with van der Waals surface area (Å²) in [6.07, 6.45) is 0. The van der Waals surface area contributed by atoms with Crippen LogP contribution >= 0.6 is 0 Å². The number of benzene rings is 4. The Kier molecular flexibility index (Phi) is 4.55. The van der Waals surface area contributed by atoms with E-state index in [9.17, 15) is 0 Å². The molecule has 8 heterocycles. The van der Waals surface area contributed by atoms with E-state index in [1.807, 2.05) is 0 Å². The van der Waals surface area contributed by atoms with Crippen LogP contribution in [0.25, 0.3) is 39.0 Å². The number of anilines is 3. The Balaban J connectivity index is 1.40. The van der Waals surface area contributed by atoms with Crippen molar-refractivity contribution in [2.75, 3.05) is 4.90 Å². The normalized spacial score (nSPS) is 18.9. The largest absolute Gasteiger partial charge is 0.456 e. The Bertz CT molecular complexity index is 2840. The number of rotatable bonds is 0. The minimum atomic E-state index is -0.695. The Labute approximate surface area is 298 Å². The number of aromatic nitrogens is 3. The van der Waals surface area contributed by atoms with E-state index >= 15 is 0 Å². The highest BCUT2D eigenvalue weighted by atomic mass is 16.5. The Morgan fingerprint density at radius 3 is 1.98 bits per heavy atom. The highest BCUT2D eigenvalue weighted by Crippen LogP contribution is 2.64. The van der Waals surface area contributed by atoms with E-state index in [1.54, 1.807) is 0 Å². The molecule has 1 unspecified atom stereocenters. The lowest BCUT2D eigenvalue weighted by Gasteiger charge is -2.46. The van der Waals surface area contributed by atoms with Crippen molar-refractivity contribution in [2.45, 2.75) is 77.3 Å². The molecule has 1 atom stereocenters. The molecule has 5 heteroatoms. The lowest BCUT2D eigenvalue weighted by Crippen LogP contribution is -2.76. The van der Waals surface area contributed by atoms with Crippen molar-refractivity contribution in [3.8, 4) is 28.7 Å². The van der Waals surface area contributed by atoms with Crippen LogP contribution < -0.4 is 18.8 Å². The van der Waals surface area contributed by atoms with Gasteiger partial charge in [-0.25, -0.2) is 0 Å². The second-order valence-corrected chi connectivity index (χ2v) is 17.9. The van der Waals surface area contributed by atoms with Crippen LogP contribution in [0.15, 0.2) is 97.1 Å². The first-order valence-electron chi connectivity index (χ1n) is 18.4. The molecule has 5 aliphatic heterocycles. The van der Waals surface area contributed by atoms with Crippen molar-refractivity contribution in [3.63, 3.8) is 0 Å². The van der Waals surface area contributed by atoms with Gasteiger partial charge in [0.25, 0.3) is 11.6 Å². The van der Waals surface area contributed by atoms with Gasteiger partial charge >= 0.3 is 5.66 Å². The van der Waals surface area contributed by atoms with Gasteiger partial charge in [-0.2, -0.15) is 18.6 Å². The molecule has 248 valence electrons. The number of nitrogens with zero attached hydrogens (tertiary/aromatic N) is 4. The number of para-hydroxylation sites is 2. The maximum Gasteiger partial charge on any atom is 0.323 e. The van der Waals surface area contributed by atoms with Gasteiger partial charge in [-0.05, 0) is 70.5 Å². The van der Waals surface area contributed by atoms with Gasteiger partial charge in [-0.3, -0.25) is 0 Å². The number of fused-ring (bicyclic) bond motifs is 8. The molecule has 51 heavy (non-hydrogen) atoms. The predicted octanol–water partition coefficient (Wildman–Crippen LogP) is 10.1. The summed E-state index contributed by atoms with van der Waals surface area (Å²) in [5.74, 6) is 4.26. The molecule has 0 bridgehead atoms. The van der Waals surface area contributed by atoms with Crippen molar-refractivity contribution in [1.29, 1.82) is 0 Å². The predicted molar refractivity (Wildman–Crippen MR) is 202 cm³/mol. The fraction of sp³-hybridized carbons (Fsp3) is 0.261. The first-order valence-corrected chi connectivity index (χ1v) is 18.4. The fourth-order valence-corrected chi connectivity index (χ4v) is 10.3. The van der Waals surface area contributed by atoms with E-state index in [2.05, 4.69) is 171 Å². The summed E-state index contributed by atoms with van der Waals surface area (Å²) in [4.78, 5) is 2.58. The molecule has 12 rings (SSSR count). The van der Waals surface area contributed by atoms with Gasteiger partial charge in [-0.15, -0.1) is 0 Å². The Morgan fingerprint density at radius 2 is 1.24 bits per heavy atom. The molecule has 4 aromatic carbocycles. The summed E-state index contributed by atoms with van der Waals surface area (Å²) in [5, 5.41) is 2.53. The van der Waals surface area contributed by atoms with Crippen molar-refractivity contribution >= 4 is 39.0 Å². The molecule has 1 spiro atoms. The molecule has 7 aromatic rings. The van der Waals surface area contributed by atoms with Crippen molar-refractivity contribution < 1.29 is 13.9 Å². The summed E-state index contributed by atoms with van der Waals surface area (Å²) >= 11 is 0. The second kappa shape index (κ2) is 8.21. The highest BCUT2D eigenvalue weighted by Gasteiger charge is 2.71. The van der Waals surface area contributed by atoms with Gasteiger partial charge in [0.1, 0.15) is 33.8 Å². The van der Waals surface area contributed by atoms with Crippen LogP contribution in [-0.2, 0) is 21.9 Å². The summed E-state index contributed by atoms with van der Waals surface area (Å²) in [6, 6.07) is 37.0. The summed E-state index contributed by atoms with van der Waals surface area (Å²) in [5.41, 5.74) is 14.2. The van der Waals surface area contributed by atoms with Gasteiger partial charge in [0.2, 0.25) is 0 Å². The maximum atomic E-state index is 7.15. The summed E-state index contributed by atoms with van der Waals surface area (Å²) < 4.78 is 15.1. The zero-order chi connectivity index (χ0) is 34.7. The lowest BCUT2D eigenvalue weighted by atomic mass is 9.70. The van der Waals surface area contributed by atoms with Crippen LogP contribution in [0.1, 0.15) is 88.8 Å². The van der Waals surface area contributed by atoms with Crippen molar-refractivity contribution in [2.24, 2.45) is 0 Å². The van der Waals surface area contributed by atoms with E-state index in [4.69, 9.17) is 4.74 Å². The molecular formula is C46H40N4O+2. The van der Waals surface area contributed by atoms with Crippen LogP contribution in [-0.4, -0.2) is 4.57 Å².